The second kappa shape index (κ2) is 38.6. The highest BCUT2D eigenvalue weighted by Gasteiger charge is 2.32. The van der Waals surface area contributed by atoms with E-state index in [9.17, 15) is 14.7 Å². The number of ether oxygens (including phenoxy) is 6. The van der Waals surface area contributed by atoms with Crippen LogP contribution in [0.1, 0.15) is 214 Å². The molecular weight excluding hydrogens is 735 g/mol. The van der Waals surface area contributed by atoms with Crippen LogP contribution in [-0.2, 0) is 38.0 Å². The molecule has 1 fully saturated rings. The molecule has 3 atom stereocenters. The lowest BCUT2D eigenvalue weighted by atomic mass is 10.0. The van der Waals surface area contributed by atoms with E-state index in [1.54, 1.807) is 0 Å². The Hall–Kier alpha value is -1.30. The minimum atomic E-state index is -0.624. The molecule has 10 heteroatoms. The van der Waals surface area contributed by atoms with Crippen molar-refractivity contribution in [1.82, 2.24) is 4.90 Å². The Morgan fingerprint density at radius 3 is 1.57 bits per heavy atom. The second-order valence-corrected chi connectivity index (χ2v) is 17.6. The summed E-state index contributed by atoms with van der Waals surface area (Å²) in [5.74, 6) is -1.08. The van der Waals surface area contributed by atoms with Crippen molar-refractivity contribution >= 4 is 11.9 Å². The van der Waals surface area contributed by atoms with E-state index in [2.05, 4.69) is 13.8 Å². The molecule has 1 rings (SSSR count). The predicted octanol–water partition coefficient (Wildman–Crippen LogP) is 11.3. The van der Waals surface area contributed by atoms with Gasteiger partial charge in [0.1, 0.15) is 12.7 Å². The first-order valence-electron chi connectivity index (χ1n) is 24.3. The Balaban J connectivity index is 2.29. The van der Waals surface area contributed by atoms with Gasteiger partial charge >= 0.3 is 11.9 Å². The summed E-state index contributed by atoms with van der Waals surface area (Å²) in [6, 6.07) is 0. The molecule has 1 heterocycles. The average Bonchev–Trinajstić information content (AvgIpc) is 3.54. The molecule has 1 saturated heterocycles. The van der Waals surface area contributed by atoms with Crippen molar-refractivity contribution in [2.45, 2.75) is 238 Å². The van der Waals surface area contributed by atoms with Gasteiger partial charge in [-0.25, -0.2) is 0 Å². The molecular formula is C48H93NO9. The van der Waals surface area contributed by atoms with E-state index in [-0.39, 0.29) is 37.9 Å². The fraction of sp³-hybridized carbons (Fsp3) is 0.958. The summed E-state index contributed by atoms with van der Waals surface area (Å²) >= 11 is 0. The number of rotatable bonds is 43. The third-order valence-corrected chi connectivity index (χ3v) is 11.0. The van der Waals surface area contributed by atoms with Gasteiger partial charge in [-0.3, -0.25) is 9.59 Å². The van der Waals surface area contributed by atoms with Crippen molar-refractivity contribution < 1.29 is 43.1 Å². The molecule has 3 unspecified atom stereocenters. The van der Waals surface area contributed by atoms with Crippen LogP contribution in [-0.4, -0.2) is 106 Å². The highest BCUT2D eigenvalue weighted by Crippen LogP contribution is 2.22. The number of esters is 2. The van der Waals surface area contributed by atoms with Gasteiger partial charge in [-0.05, 0) is 40.2 Å². The largest absolute Gasteiger partial charge is 0.462 e. The van der Waals surface area contributed by atoms with E-state index in [1.807, 2.05) is 25.8 Å². The van der Waals surface area contributed by atoms with Gasteiger partial charge in [0.25, 0.3) is 0 Å². The molecule has 0 spiro atoms. The molecule has 1 aliphatic heterocycles. The summed E-state index contributed by atoms with van der Waals surface area (Å²) in [4.78, 5) is 27.4. The normalized spacial score (nSPS) is 16.2. The number of hydrogen-bond acceptors (Lipinski definition) is 10. The van der Waals surface area contributed by atoms with Gasteiger partial charge in [-0.15, -0.1) is 0 Å². The lowest BCUT2D eigenvalue weighted by Gasteiger charge is -2.22. The quantitative estimate of drug-likeness (QED) is 0.0471. The van der Waals surface area contributed by atoms with Gasteiger partial charge in [0.2, 0.25) is 0 Å². The summed E-state index contributed by atoms with van der Waals surface area (Å²) < 4.78 is 34.3. The number of carbonyl (C=O) groups excluding carboxylic acids is 2. The third-order valence-electron chi connectivity index (χ3n) is 11.0. The maximum Gasteiger partial charge on any atom is 0.306 e. The zero-order valence-corrected chi connectivity index (χ0v) is 38.6. The summed E-state index contributed by atoms with van der Waals surface area (Å²) in [6.07, 6.45) is 32.8. The van der Waals surface area contributed by atoms with Gasteiger partial charge in [-0.1, -0.05) is 168 Å². The van der Waals surface area contributed by atoms with E-state index in [4.69, 9.17) is 28.4 Å². The van der Waals surface area contributed by atoms with Gasteiger partial charge < -0.3 is 38.4 Å². The predicted molar refractivity (Wildman–Crippen MR) is 236 cm³/mol. The van der Waals surface area contributed by atoms with Crippen LogP contribution in [0.3, 0.4) is 0 Å². The van der Waals surface area contributed by atoms with Crippen LogP contribution in [0, 0.1) is 0 Å². The van der Waals surface area contributed by atoms with Crippen molar-refractivity contribution in [3.05, 3.63) is 0 Å². The fourth-order valence-corrected chi connectivity index (χ4v) is 7.53. The Bertz CT molecular complexity index is 935. The zero-order chi connectivity index (χ0) is 42.4. The SMILES string of the molecule is CCCCCCCCCCCCCCCC(=O)OCC(COCCCN(C)CC(O)COCC1COC(C)(C)O1)OC(=O)CCCCCCCCCCCCCCC. The molecule has 58 heavy (non-hydrogen) atoms. The van der Waals surface area contributed by atoms with Gasteiger partial charge in [0.15, 0.2) is 11.9 Å². The Morgan fingerprint density at radius 1 is 0.638 bits per heavy atom. The van der Waals surface area contributed by atoms with Crippen LogP contribution in [0.25, 0.3) is 0 Å². The van der Waals surface area contributed by atoms with Crippen LogP contribution < -0.4 is 0 Å². The minimum Gasteiger partial charge on any atom is -0.462 e. The van der Waals surface area contributed by atoms with Crippen LogP contribution in [0.15, 0.2) is 0 Å². The molecule has 1 N–H and O–H groups in total. The molecule has 0 bridgehead atoms. The molecule has 0 aliphatic carbocycles. The topological polar surface area (TPSA) is 113 Å². The maximum absolute atomic E-state index is 12.8. The number of unbranched alkanes of at least 4 members (excludes halogenated alkanes) is 24. The number of aliphatic hydroxyl groups excluding tert-OH is 1. The van der Waals surface area contributed by atoms with E-state index in [0.717, 1.165) is 51.5 Å². The summed E-state index contributed by atoms with van der Waals surface area (Å²) in [7, 11) is 1.96. The van der Waals surface area contributed by atoms with Crippen LogP contribution >= 0.6 is 0 Å². The Kier molecular flexibility index (Phi) is 36.4. The summed E-state index contributed by atoms with van der Waals surface area (Å²) in [5.41, 5.74) is 0. The lowest BCUT2D eigenvalue weighted by Crippen LogP contribution is -2.34. The second-order valence-electron chi connectivity index (χ2n) is 17.6. The lowest BCUT2D eigenvalue weighted by molar-refractivity contribution is -0.163. The first-order valence-corrected chi connectivity index (χ1v) is 24.3. The summed E-state index contributed by atoms with van der Waals surface area (Å²) in [5, 5.41) is 10.4. The van der Waals surface area contributed by atoms with Crippen LogP contribution in [0.4, 0.5) is 0 Å². The molecule has 1 aliphatic rings. The number of likely N-dealkylation sites (N-methyl/N-ethyl adjacent to an activating group) is 1. The van der Waals surface area contributed by atoms with Crippen molar-refractivity contribution in [3.63, 3.8) is 0 Å². The Morgan fingerprint density at radius 2 is 1.10 bits per heavy atom. The highest BCUT2D eigenvalue weighted by atomic mass is 16.7. The first kappa shape index (κ1) is 54.7. The zero-order valence-electron chi connectivity index (χ0n) is 38.6. The van der Waals surface area contributed by atoms with E-state index >= 15 is 0 Å². The van der Waals surface area contributed by atoms with Gasteiger partial charge in [0.05, 0.1) is 32.5 Å². The summed E-state index contributed by atoms with van der Waals surface area (Å²) in [6.45, 7) is 11.3. The number of nitrogens with zero attached hydrogens (tertiary/aromatic N) is 1. The van der Waals surface area contributed by atoms with E-state index in [0.29, 0.717) is 39.2 Å². The molecule has 0 saturated carbocycles. The minimum absolute atomic E-state index is 0.0171. The average molecular weight is 828 g/mol. The Labute approximate surface area is 356 Å². The molecule has 0 radical (unpaired) electrons. The molecule has 0 aromatic carbocycles. The van der Waals surface area contributed by atoms with Gasteiger partial charge in [-0.2, -0.15) is 0 Å². The van der Waals surface area contributed by atoms with Crippen LogP contribution in [0.5, 0.6) is 0 Å². The smallest absolute Gasteiger partial charge is 0.306 e. The standard InChI is InChI=1S/C48H93NO9/c1-6-8-10-12-14-16-18-20-22-24-26-28-30-33-46(51)55-41-44(57-47(52)34-31-29-27-25-23-21-19-17-15-13-11-9-7-2)39-53-36-32-35-49(5)37-43(50)38-54-40-45-42-56-48(3,4)58-45/h43-45,50H,6-42H2,1-5H3. The number of hydrogen-bond donors (Lipinski definition) is 1. The van der Waals surface area contributed by atoms with Crippen molar-refractivity contribution in [3.8, 4) is 0 Å². The fourth-order valence-electron chi connectivity index (χ4n) is 7.53. The molecule has 0 aromatic rings. The number of carbonyl (C=O) groups is 2. The van der Waals surface area contributed by atoms with Crippen molar-refractivity contribution in [2.24, 2.45) is 0 Å². The van der Waals surface area contributed by atoms with Crippen molar-refractivity contribution in [2.75, 3.05) is 59.8 Å². The maximum atomic E-state index is 12.8. The monoisotopic (exact) mass is 828 g/mol. The first-order chi connectivity index (χ1) is 28.1. The third kappa shape index (κ3) is 35.5. The van der Waals surface area contributed by atoms with Crippen molar-refractivity contribution in [1.29, 1.82) is 0 Å². The molecule has 344 valence electrons. The number of aliphatic hydroxyl groups is 1. The van der Waals surface area contributed by atoms with E-state index < -0.39 is 18.0 Å². The highest BCUT2D eigenvalue weighted by molar-refractivity contribution is 5.70. The van der Waals surface area contributed by atoms with Gasteiger partial charge in [0, 0.05) is 32.5 Å². The molecule has 10 nitrogen and oxygen atoms in total. The molecule has 0 amide bonds. The molecule has 0 aromatic heterocycles. The van der Waals surface area contributed by atoms with Crippen LogP contribution in [0.2, 0.25) is 0 Å². The van der Waals surface area contributed by atoms with E-state index in [1.165, 1.54) is 128 Å².